The fourth-order valence-corrected chi connectivity index (χ4v) is 6.24. The maximum absolute atomic E-state index is 12.0. The van der Waals surface area contributed by atoms with Crippen LogP contribution in [-0.4, -0.2) is 42.1 Å². The predicted molar refractivity (Wildman–Crippen MR) is 83.5 cm³/mol. The molecule has 114 valence electrons. The molecule has 0 spiro atoms. The Balaban J connectivity index is 2.08. The van der Waals surface area contributed by atoms with Crippen molar-refractivity contribution in [1.29, 1.82) is 0 Å². The molecule has 1 rings (SSSR count). The van der Waals surface area contributed by atoms with Crippen LogP contribution in [0.25, 0.3) is 0 Å². The number of unbranched alkanes of at least 4 members (excludes halogenated alkanes) is 7. The number of hydrogen-bond donors (Lipinski definition) is 1. The second-order valence-electron chi connectivity index (χ2n) is 5.49. The molecule has 19 heavy (non-hydrogen) atoms. The molecule has 3 nitrogen and oxygen atoms in total. The third kappa shape index (κ3) is 6.50. The Morgan fingerprint density at radius 1 is 1.00 bits per heavy atom. The van der Waals surface area contributed by atoms with Gasteiger partial charge in [-0.15, -0.1) is 0 Å². The lowest BCUT2D eigenvalue weighted by atomic mass is 10.1. The van der Waals surface area contributed by atoms with Crippen LogP contribution in [0.2, 0.25) is 0 Å². The Bertz CT molecular complexity index is 328. The van der Waals surface area contributed by atoms with Gasteiger partial charge in [-0.25, -0.2) is 8.42 Å². The zero-order chi connectivity index (χ0) is 14.1. The first-order chi connectivity index (χ1) is 9.08. The molecule has 0 aromatic carbocycles. The van der Waals surface area contributed by atoms with Gasteiger partial charge >= 0.3 is 0 Å². The first-order valence-corrected chi connectivity index (χ1v) is 10.4. The number of thioether (sulfide) groups is 1. The smallest absolute Gasteiger partial charge is 0.156 e. The number of hydrogen-bond acceptors (Lipinski definition) is 4. The lowest BCUT2D eigenvalue weighted by Crippen LogP contribution is -2.34. The maximum atomic E-state index is 12.0. The van der Waals surface area contributed by atoms with Crippen molar-refractivity contribution < 1.29 is 13.5 Å². The lowest BCUT2D eigenvalue weighted by molar-refractivity contribution is 0.204. The average molecular weight is 309 g/mol. The highest BCUT2D eigenvalue weighted by Gasteiger charge is 2.36. The zero-order valence-electron chi connectivity index (χ0n) is 12.0. The fraction of sp³-hybridized carbons (Fsp3) is 1.00. The molecule has 0 aromatic rings. The van der Waals surface area contributed by atoms with Crippen LogP contribution in [0.3, 0.4) is 0 Å². The SMILES string of the molecule is CCCCCCCCCCS(=O)(=O)C1CSCC1O. The van der Waals surface area contributed by atoms with E-state index in [2.05, 4.69) is 6.92 Å². The van der Waals surface area contributed by atoms with Crippen LogP contribution in [0, 0.1) is 0 Å². The molecule has 1 N–H and O–H groups in total. The van der Waals surface area contributed by atoms with Crippen LogP contribution < -0.4 is 0 Å². The van der Waals surface area contributed by atoms with Crippen molar-refractivity contribution in [3.63, 3.8) is 0 Å². The summed E-state index contributed by atoms with van der Waals surface area (Å²) in [5.41, 5.74) is 0. The molecule has 1 fully saturated rings. The predicted octanol–water partition coefficient (Wildman–Crippen LogP) is 3.02. The standard InChI is InChI=1S/C14H28O3S2/c1-2-3-4-5-6-7-8-9-10-19(16,17)14-12-18-11-13(14)15/h13-15H,2-12H2,1H3. The van der Waals surface area contributed by atoms with Crippen molar-refractivity contribution in [3.05, 3.63) is 0 Å². The summed E-state index contributed by atoms with van der Waals surface area (Å²) >= 11 is 1.54. The Hall–Kier alpha value is 0.260. The van der Waals surface area contributed by atoms with Crippen molar-refractivity contribution in [2.24, 2.45) is 0 Å². The largest absolute Gasteiger partial charge is 0.391 e. The van der Waals surface area contributed by atoms with Crippen molar-refractivity contribution >= 4 is 21.6 Å². The van der Waals surface area contributed by atoms with Gasteiger partial charge in [-0.1, -0.05) is 51.9 Å². The summed E-state index contributed by atoms with van der Waals surface area (Å²) in [5, 5.41) is 9.14. The van der Waals surface area contributed by atoms with Gasteiger partial charge in [0, 0.05) is 11.5 Å². The zero-order valence-corrected chi connectivity index (χ0v) is 13.6. The van der Waals surface area contributed by atoms with Crippen molar-refractivity contribution in [2.75, 3.05) is 17.3 Å². The lowest BCUT2D eigenvalue weighted by Gasteiger charge is -2.14. The molecule has 2 atom stereocenters. The van der Waals surface area contributed by atoms with Crippen LogP contribution in [0.15, 0.2) is 0 Å². The Labute approximate surface area is 122 Å². The van der Waals surface area contributed by atoms with Gasteiger partial charge in [-0.2, -0.15) is 11.8 Å². The van der Waals surface area contributed by atoms with E-state index in [1.54, 1.807) is 11.8 Å². The Morgan fingerprint density at radius 3 is 2.11 bits per heavy atom. The maximum Gasteiger partial charge on any atom is 0.156 e. The number of aliphatic hydroxyl groups excluding tert-OH is 1. The monoisotopic (exact) mass is 308 g/mol. The normalized spacial score (nSPS) is 23.9. The molecule has 0 aromatic heterocycles. The van der Waals surface area contributed by atoms with E-state index in [0.29, 0.717) is 11.5 Å². The van der Waals surface area contributed by atoms with Gasteiger partial charge in [0.1, 0.15) is 0 Å². The molecule has 0 aliphatic carbocycles. The molecule has 0 bridgehead atoms. The molecule has 1 aliphatic heterocycles. The van der Waals surface area contributed by atoms with E-state index in [1.165, 1.54) is 32.1 Å². The molecule has 0 radical (unpaired) electrons. The van der Waals surface area contributed by atoms with Gasteiger partial charge in [0.2, 0.25) is 0 Å². The van der Waals surface area contributed by atoms with E-state index < -0.39 is 21.2 Å². The molecule has 1 heterocycles. The van der Waals surface area contributed by atoms with E-state index in [4.69, 9.17) is 0 Å². The number of aliphatic hydroxyl groups is 1. The highest BCUT2D eigenvalue weighted by molar-refractivity contribution is 8.01. The molecule has 0 saturated carbocycles. The Kier molecular flexibility index (Phi) is 8.42. The highest BCUT2D eigenvalue weighted by atomic mass is 32.2. The molecular formula is C14H28O3S2. The average Bonchev–Trinajstić information content (AvgIpc) is 2.80. The third-order valence-corrected chi connectivity index (χ3v) is 7.39. The van der Waals surface area contributed by atoms with Crippen LogP contribution >= 0.6 is 11.8 Å². The van der Waals surface area contributed by atoms with E-state index in [1.807, 2.05) is 0 Å². The van der Waals surface area contributed by atoms with Crippen LogP contribution in [0.5, 0.6) is 0 Å². The van der Waals surface area contributed by atoms with Crippen LogP contribution in [-0.2, 0) is 9.84 Å². The van der Waals surface area contributed by atoms with E-state index in [-0.39, 0.29) is 5.75 Å². The summed E-state index contributed by atoms with van der Waals surface area (Å²) in [4.78, 5) is 0. The van der Waals surface area contributed by atoms with Crippen LogP contribution in [0.1, 0.15) is 58.3 Å². The van der Waals surface area contributed by atoms with E-state index >= 15 is 0 Å². The number of rotatable bonds is 10. The van der Waals surface area contributed by atoms with Crippen molar-refractivity contribution in [2.45, 2.75) is 69.6 Å². The van der Waals surface area contributed by atoms with E-state index in [0.717, 1.165) is 19.3 Å². The summed E-state index contributed by atoms with van der Waals surface area (Å²) in [7, 11) is -3.08. The molecule has 1 aliphatic rings. The molecule has 2 unspecified atom stereocenters. The van der Waals surface area contributed by atoms with Gasteiger partial charge in [0.15, 0.2) is 9.84 Å². The summed E-state index contributed by atoms with van der Waals surface area (Å²) < 4.78 is 24.1. The van der Waals surface area contributed by atoms with E-state index in [9.17, 15) is 13.5 Å². The van der Waals surface area contributed by atoms with Crippen molar-refractivity contribution in [3.8, 4) is 0 Å². The second kappa shape index (κ2) is 9.24. The summed E-state index contributed by atoms with van der Waals surface area (Å²) in [6.07, 6.45) is 8.63. The summed E-state index contributed by atoms with van der Waals surface area (Å²) in [6, 6.07) is 0. The first kappa shape index (κ1) is 17.3. The topological polar surface area (TPSA) is 54.4 Å². The minimum atomic E-state index is -3.08. The van der Waals surface area contributed by atoms with Gasteiger partial charge in [0.25, 0.3) is 0 Å². The van der Waals surface area contributed by atoms with Crippen LogP contribution in [0.4, 0.5) is 0 Å². The summed E-state index contributed by atoms with van der Waals surface area (Å²) in [6.45, 7) is 2.21. The molecule has 0 amide bonds. The van der Waals surface area contributed by atoms with Gasteiger partial charge in [0.05, 0.1) is 17.1 Å². The molecular weight excluding hydrogens is 280 g/mol. The fourth-order valence-electron chi connectivity index (χ4n) is 2.45. The number of sulfone groups is 1. The van der Waals surface area contributed by atoms with Gasteiger partial charge in [-0.05, 0) is 6.42 Å². The third-order valence-electron chi connectivity index (χ3n) is 3.74. The second-order valence-corrected chi connectivity index (χ2v) is 8.90. The van der Waals surface area contributed by atoms with Crippen molar-refractivity contribution in [1.82, 2.24) is 0 Å². The van der Waals surface area contributed by atoms with Gasteiger partial charge in [-0.3, -0.25) is 0 Å². The molecule has 5 heteroatoms. The summed E-state index contributed by atoms with van der Waals surface area (Å²) in [5.74, 6) is 1.39. The first-order valence-electron chi connectivity index (χ1n) is 7.55. The minimum absolute atomic E-state index is 0.254. The quantitative estimate of drug-likeness (QED) is 0.630. The Morgan fingerprint density at radius 2 is 1.58 bits per heavy atom. The van der Waals surface area contributed by atoms with Gasteiger partial charge < -0.3 is 5.11 Å². The molecule has 1 saturated heterocycles. The minimum Gasteiger partial charge on any atom is -0.391 e. The highest BCUT2D eigenvalue weighted by Crippen LogP contribution is 2.25.